The van der Waals surface area contributed by atoms with Crippen LogP contribution in [0.15, 0.2) is 39.1 Å². The Labute approximate surface area is 128 Å². The zero-order valence-corrected chi connectivity index (χ0v) is 12.4. The van der Waals surface area contributed by atoms with Crippen LogP contribution in [0, 0.1) is 0 Å². The lowest BCUT2D eigenvalue weighted by atomic mass is 10.2. The van der Waals surface area contributed by atoms with Crippen molar-refractivity contribution in [3.63, 3.8) is 0 Å². The van der Waals surface area contributed by atoms with Gasteiger partial charge >= 0.3 is 11.7 Å². The van der Waals surface area contributed by atoms with E-state index in [4.69, 9.17) is 9.15 Å². The first-order valence-electron chi connectivity index (χ1n) is 6.51. The van der Waals surface area contributed by atoms with Crippen molar-refractivity contribution in [1.29, 1.82) is 0 Å². The molecule has 0 fully saturated rings. The maximum atomic E-state index is 12.3. The molecule has 0 spiro atoms. The molecule has 0 radical (unpaired) electrons. The van der Waals surface area contributed by atoms with Gasteiger partial charge in [-0.05, 0) is 40.9 Å². The number of carbonyl (C=O) groups excluding carboxylic acids is 1. The molecule has 9 heteroatoms. The number of hydrogen-bond donors (Lipinski definition) is 0. The highest BCUT2D eigenvalue weighted by molar-refractivity contribution is 7.12. The predicted octanol–water partition coefficient (Wildman–Crippen LogP) is 1.31. The van der Waals surface area contributed by atoms with Crippen molar-refractivity contribution in [3.05, 3.63) is 51.7 Å². The van der Waals surface area contributed by atoms with Gasteiger partial charge in [0.15, 0.2) is 0 Å². The molecule has 0 aliphatic heterocycles. The van der Waals surface area contributed by atoms with E-state index < -0.39 is 11.7 Å². The van der Waals surface area contributed by atoms with Gasteiger partial charge in [-0.2, -0.15) is 9.36 Å². The Morgan fingerprint density at radius 3 is 3.00 bits per heavy atom. The minimum absolute atomic E-state index is 0.00531. The van der Waals surface area contributed by atoms with Gasteiger partial charge in [-0.15, -0.1) is 11.3 Å². The molecular weight excluding hydrogens is 308 g/mol. The van der Waals surface area contributed by atoms with Crippen LogP contribution in [0.4, 0.5) is 0 Å². The fourth-order valence-corrected chi connectivity index (χ4v) is 2.56. The number of thiophene rings is 1. The highest BCUT2D eigenvalue weighted by atomic mass is 32.1. The molecule has 0 amide bonds. The third kappa shape index (κ3) is 2.58. The van der Waals surface area contributed by atoms with E-state index in [9.17, 15) is 9.59 Å². The molecule has 0 bridgehead atoms. The zero-order valence-electron chi connectivity index (χ0n) is 11.6. The molecule has 114 valence electrons. The van der Waals surface area contributed by atoms with Crippen molar-refractivity contribution in [2.75, 3.05) is 6.61 Å². The minimum atomic E-state index is -0.495. The summed E-state index contributed by atoms with van der Waals surface area (Å²) in [4.78, 5) is 24.0. The lowest BCUT2D eigenvalue weighted by Gasteiger charge is -2.01. The number of ether oxygens (including phenoxy) is 1. The van der Waals surface area contributed by atoms with Gasteiger partial charge in [-0.3, -0.25) is 0 Å². The fourth-order valence-electron chi connectivity index (χ4n) is 1.89. The lowest BCUT2D eigenvalue weighted by Crippen LogP contribution is -2.24. The summed E-state index contributed by atoms with van der Waals surface area (Å²) in [6.45, 7) is 1.98. The van der Waals surface area contributed by atoms with Crippen LogP contribution in [-0.2, 0) is 11.3 Å². The van der Waals surface area contributed by atoms with Crippen molar-refractivity contribution < 1.29 is 13.9 Å². The number of nitrogens with zero attached hydrogens (tertiary/aromatic N) is 4. The molecule has 3 aromatic heterocycles. The van der Waals surface area contributed by atoms with Crippen LogP contribution in [0.1, 0.15) is 23.0 Å². The number of esters is 1. The van der Waals surface area contributed by atoms with Gasteiger partial charge in [0, 0.05) is 0 Å². The number of tetrazole rings is 1. The molecule has 0 saturated carbocycles. The quantitative estimate of drug-likeness (QED) is 0.658. The molecule has 0 aliphatic carbocycles. The number of aromatic nitrogens is 4. The summed E-state index contributed by atoms with van der Waals surface area (Å²) < 4.78 is 12.5. The highest BCUT2D eigenvalue weighted by Gasteiger charge is 2.18. The summed E-state index contributed by atoms with van der Waals surface area (Å²) in [6.07, 6.45) is 1.37. The minimum Gasteiger partial charge on any atom is -0.466 e. The second-order valence-corrected chi connectivity index (χ2v) is 5.19. The average molecular weight is 320 g/mol. The molecule has 3 heterocycles. The predicted molar refractivity (Wildman–Crippen MR) is 77.3 cm³/mol. The third-order valence-corrected chi connectivity index (χ3v) is 3.73. The second-order valence-electron chi connectivity index (χ2n) is 4.26. The zero-order chi connectivity index (χ0) is 15.5. The number of furan rings is 1. The Morgan fingerprint density at radius 1 is 1.41 bits per heavy atom. The summed E-state index contributed by atoms with van der Waals surface area (Å²) in [5, 5.41) is 10.1. The van der Waals surface area contributed by atoms with Crippen LogP contribution in [0.2, 0.25) is 0 Å². The maximum Gasteiger partial charge on any atom is 0.369 e. The first-order chi connectivity index (χ1) is 10.7. The fraction of sp³-hybridized carbons (Fsp3) is 0.231. The van der Waals surface area contributed by atoms with Gasteiger partial charge in [0.05, 0.1) is 12.9 Å². The van der Waals surface area contributed by atoms with Gasteiger partial charge < -0.3 is 9.15 Å². The van der Waals surface area contributed by atoms with Crippen molar-refractivity contribution in [3.8, 4) is 5.00 Å². The smallest absolute Gasteiger partial charge is 0.369 e. The van der Waals surface area contributed by atoms with Crippen molar-refractivity contribution in [2.24, 2.45) is 0 Å². The topological polar surface area (TPSA) is 92.2 Å². The summed E-state index contributed by atoms with van der Waals surface area (Å²) in [7, 11) is 0. The Balaban J connectivity index is 1.88. The summed E-state index contributed by atoms with van der Waals surface area (Å²) in [5.74, 6) is -0.191. The molecule has 3 rings (SSSR count). The first kappa shape index (κ1) is 14.3. The molecule has 0 aromatic carbocycles. The van der Waals surface area contributed by atoms with E-state index in [1.807, 2.05) is 11.4 Å². The van der Waals surface area contributed by atoms with E-state index in [2.05, 4.69) is 10.4 Å². The van der Waals surface area contributed by atoms with Gasteiger partial charge in [-0.1, -0.05) is 0 Å². The third-order valence-electron chi connectivity index (χ3n) is 2.89. The molecule has 0 saturated heterocycles. The first-order valence-corrected chi connectivity index (χ1v) is 7.39. The van der Waals surface area contributed by atoms with E-state index in [1.54, 1.807) is 13.0 Å². The van der Waals surface area contributed by atoms with Crippen LogP contribution in [-0.4, -0.2) is 32.4 Å². The molecule has 0 N–H and O–H groups in total. The summed E-state index contributed by atoms with van der Waals surface area (Å²) in [6, 6.07) is 5.08. The molecule has 0 atom stereocenters. The normalized spacial score (nSPS) is 10.8. The molecule has 0 unspecified atom stereocenters. The van der Waals surface area contributed by atoms with E-state index in [0.717, 1.165) is 4.68 Å². The maximum absolute atomic E-state index is 12.3. The molecule has 0 aliphatic rings. The van der Waals surface area contributed by atoms with E-state index in [-0.39, 0.29) is 18.7 Å². The van der Waals surface area contributed by atoms with E-state index >= 15 is 0 Å². The molecular formula is C13H12N4O4S. The van der Waals surface area contributed by atoms with Crippen LogP contribution < -0.4 is 5.69 Å². The average Bonchev–Trinajstić information content (AvgIpc) is 3.22. The van der Waals surface area contributed by atoms with Crippen molar-refractivity contribution in [1.82, 2.24) is 19.8 Å². The summed E-state index contributed by atoms with van der Waals surface area (Å²) >= 11 is 1.38. The molecule has 3 aromatic rings. The van der Waals surface area contributed by atoms with E-state index in [1.165, 1.54) is 28.3 Å². The number of carbonyl (C=O) groups is 1. The Morgan fingerprint density at radius 2 is 2.27 bits per heavy atom. The van der Waals surface area contributed by atoms with Crippen LogP contribution in [0.5, 0.6) is 0 Å². The number of hydrogen-bond acceptors (Lipinski definition) is 7. The number of rotatable bonds is 5. The van der Waals surface area contributed by atoms with Gasteiger partial charge in [0.1, 0.15) is 22.9 Å². The van der Waals surface area contributed by atoms with Crippen LogP contribution >= 0.6 is 11.3 Å². The molecule has 22 heavy (non-hydrogen) atoms. The Bertz CT molecular complexity index is 830. The van der Waals surface area contributed by atoms with Crippen LogP contribution in [0.25, 0.3) is 5.00 Å². The van der Waals surface area contributed by atoms with Crippen molar-refractivity contribution in [2.45, 2.75) is 13.5 Å². The second kappa shape index (κ2) is 5.98. The molecule has 8 nitrogen and oxygen atoms in total. The largest absolute Gasteiger partial charge is 0.466 e. The Kier molecular flexibility index (Phi) is 3.88. The summed E-state index contributed by atoms with van der Waals surface area (Å²) in [5.41, 5.74) is -0.131. The highest BCUT2D eigenvalue weighted by Crippen LogP contribution is 2.14. The lowest BCUT2D eigenvalue weighted by molar-refractivity contribution is 0.0523. The Hall–Kier alpha value is -2.68. The SMILES string of the molecule is CCOC(=O)c1ccoc1Cn1nnn(-c2cccs2)c1=O. The van der Waals surface area contributed by atoms with Gasteiger partial charge in [0.2, 0.25) is 0 Å². The van der Waals surface area contributed by atoms with Gasteiger partial charge in [0.25, 0.3) is 0 Å². The standard InChI is InChI=1S/C13H12N4O4S/c1-2-20-12(18)9-5-6-21-10(9)8-16-13(19)17(15-14-16)11-4-3-7-22-11/h3-7H,2,8H2,1H3. The van der Waals surface area contributed by atoms with Crippen molar-refractivity contribution >= 4 is 17.3 Å². The van der Waals surface area contributed by atoms with E-state index in [0.29, 0.717) is 10.8 Å². The monoisotopic (exact) mass is 320 g/mol. The van der Waals surface area contributed by atoms with Gasteiger partial charge in [-0.25, -0.2) is 9.59 Å². The van der Waals surface area contributed by atoms with Crippen LogP contribution in [0.3, 0.4) is 0 Å².